The van der Waals surface area contributed by atoms with Crippen molar-refractivity contribution in [2.75, 3.05) is 38.2 Å². The normalized spacial score (nSPS) is 29.2. The van der Waals surface area contributed by atoms with Crippen LogP contribution in [0.1, 0.15) is 50.0 Å². The minimum atomic E-state index is -0.499. The predicted octanol–water partition coefficient (Wildman–Crippen LogP) is 1.99. The van der Waals surface area contributed by atoms with Crippen LogP contribution < -0.4 is 15.4 Å². The smallest absolute Gasteiger partial charge is 0.319 e. The highest BCUT2D eigenvalue weighted by molar-refractivity contribution is 5.89. The third kappa shape index (κ3) is 4.95. The van der Waals surface area contributed by atoms with Crippen molar-refractivity contribution in [1.29, 1.82) is 0 Å². The summed E-state index contributed by atoms with van der Waals surface area (Å²) in [6.45, 7) is 2.15. The number of nitrogens with one attached hydrogen (secondary N) is 2. The molecule has 3 aliphatic heterocycles. The molecule has 0 unspecified atom stereocenters. The second-order valence-electron chi connectivity index (χ2n) is 9.43. The molecular formula is C24H33N3O6. The summed E-state index contributed by atoms with van der Waals surface area (Å²) in [5, 5.41) is 15.9. The monoisotopic (exact) mass is 459 g/mol. The van der Waals surface area contributed by atoms with Crippen LogP contribution in [0.3, 0.4) is 0 Å². The Morgan fingerprint density at radius 3 is 2.70 bits per heavy atom. The Kier molecular flexibility index (Phi) is 6.71. The van der Waals surface area contributed by atoms with Crippen LogP contribution in [0.4, 0.5) is 10.5 Å². The summed E-state index contributed by atoms with van der Waals surface area (Å²) < 4.78 is 17.5. The quantitative estimate of drug-likeness (QED) is 0.621. The summed E-state index contributed by atoms with van der Waals surface area (Å²) in [7, 11) is 0. The van der Waals surface area contributed by atoms with Gasteiger partial charge in [0.1, 0.15) is 18.0 Å². The molecule has 3 N–H and O–H groups in total. The van der Waals surface area contributed by atoms with Gasteiger partial charge >= 0.3 is 6.03 Å². The number of aliphatic hydroxyl groups is 1. The van der Waals surface area contributed by atoms with E-state index in [0.717, 1.165) is 37.0 Å². The highest BCUT2D eigenvalue weighted by Gasteiger charge is 2.46. The molecule has 3 fully saturated rings. The van der Waals surface area contributed by atoms with E-state index in [1.165, 1.54) is 0 Å². The lowest BCUT2D eigenvalue weighted by Crippen LogP contribution is -2.48. The topological polar surface area (TPSA) is 109 Å². The van der Waals surface area contributed by atoms with Gasteiger partial charge in [-0.05, 0) is 37.5 Å². The molecule has 5 rings (SSSR count). The molecule has 4 aliphatic rings. The van der Waals surface area contributed by atoms with Crippen LogP contribution in [-0.4, -0.2) is 79.2 Å². The number of hydrogen-bond donors (Lipinski definition) is 3. The van der Waals surface area contributed by atoms with Gasteiger partial charge in [-0.2, -0.15) is 0 Å². The van der Waals surface area contributed by atoms with Gasteiger partial charge in [0, 0.05) is 36.3 Å². The molecule has 0 aromatic heterocycles. The molecule has 4 atom stereocenters. The van der Waals surface area contributed by atoms with Crippen molar-refractivity contribution in [2.24, 2.45) is 0 Å². The summed E-state index contributed by atoms with van der Waals surface area (Å²) in [5.41, 5.74) is 1.70. The lowest BCUT2D eigenvalue weighted by Gasteiger charge is -2.38. The first-order chi connectivity index (χ1) is 16.1. The Labute approximate surface area is 193 Å². The standard InChI is InChI=1S/C24H33N3O6/c28-14-21-23-19(12-17(32-21)13-22(29)27-7-9-31-10-8-27)18-11-16(5-6-20(18)33-23)26-24(30)25-15-3-1-2-4-15/h5-6,11,15,17,19,21,23,28H,1-4,7-10,12-14H2,(H2,25,26,30)/t17-,19+,21-,23-/m0/s1. The summed E-state index contributed by atoms with van der Waals surface area (Å²) in [5.74, 6) is 0.790. The Morgan fingerprint density at radius 2 is 1.94 bits per heavy atom. The number of rotatable bonds is 5. The van der Waals surface area contributed by atoms with E-state index in [0.29, 0.717) is 38.4 Å². The number of anilines is 1. The second-order valence-corrected chi connectivity index (χ2v) is 9.43. The van der Waals surface area contributed by atoms with Crippen molar-refractivity contribution < 1.29 is 28.9 Å². The van der Waals surface area contributed by atoms with Crippen LogP contribution in [0.5, 0.6) is 5.75 Å². The third-order valence-electron chi connectivity index (χ3n) is 7.21. The zero-order valence-electron chi connectivity index (χ0n) is 18.8. The molecule has 9 nitrogen and oxygen atoms in total. The maximum absolute atomic E-state index is 12.8. The van der Waals surface area contributed by atoms with Crippen molar-refractivity contribution in [3.8, 4) is 5.75 Å². The van der Waals surface area contributed by atoms with Gasteiger partial charge in [0.2, 0.25) is 5.91 Å². The number of fused-ring (bicyclic) bond motifs is 3. The lowest BCUT2D eigenvalue weighted by molar-refractivity contribution is -0.151. The maximum Gasteiger partial charge on any atom is 0.319 e. The molecule has 9 heteroatoms. The second kappa shape index (κ2) is 9.87. The first-order valence-electron chi connectivity index (χ1n) is 12.1. The number of benzene rings is 1. The molecule has 1 aromatic carbocycles. The van der Waals surface area contributed by atoms with Crippen LogP contribution in [0.15, 0.2) is 18.2 Å². The number of carbonyl (C=O) groups is 2. The zero-order valence-corrected chi connectivity index (χ0v) is 18.8. The van der Waals surface area contributed by atoms with Gasteiger partial charge in [-0.25, -0.2) is 4.79 Å². The molecule has 2 saturated heterocycles. The van der Waals surface area contributed by atoms with Gasteiger partial charge in [0.15, 0.2) is 0 Å². The predicted molar refractivity (Wildman–Crippen MR) is 120 cm³/mol. The first kappa shape index (κ1) is 22.4. The molecule has 0 radical (unpaired) electrons. The van der Waals surface area contributed by atoms with Crippen LogP contribution in [0.25, 0.3) is 0 Å². The highest BCUT2D eigenvalue weighted by Crippen LogP contribution is 2.47. The van der Waals surface area contributed by atoms with Gasteiger partial charge in [-0.1, -0.05) is 12.8 Å². The molecule has 1 aromatic rings. The minimum Gasteiger partial charge on any atom is -0.487 e. The number of aliphatic hydroxyl groups excluding tert-OH is 1. The average molecular weight is 460 g/mol. The fourth-order valence-corrected chi connectivity index (χ4v) is 5.53. The summed E-state index contributed by atoms with van der Waals surface area (Å²) in [6, 6.07) is 5.71. The maximum atomic E-state index is 12.8. The van der Waals surface area contributed by atoms with E-state index in [1.807, 2.05) is 23.1 Å². The van der Waals surface area contributed by atoms with Gasteiger partial charge in [0.25, 0.3) is 0 Å². The van der Waals surface area contributed by atoms with E-state index < -0.39 is 6.10 Å². The molecule has 33 heavy (non-hydrogen) atoms. The number of carbonyl (C=O) groups excluding carboxylic acids is 2. The van der Waals surface area contributed by atoms with Crippen molar-refractivity contribution in [1.82, 2.24) is 10.2 Å². The van der Waals surface area contributed by atoms with E-state index in [1.54, 1.807) is 0 Å². The molecular weight excluding hydrogens is 426 g/mol. The number of amides is 3. The number of nitrogens with zero attached hydrogens (tertiary/aromatic N) is 1. The molecule has 0 spiro atoms. The SMILES string of the molecule is O=C(Nc1ccc2c(c1)[C@H]1C[C@@H](CC(=O)N3CCOCC3)O[C@@H](CO)[C@H]1O2)NC1CCCC1. The van der Waals surface area contributed by atoms with E-state index in [2.05, 4.69) is 10.6 Å². The van der Waals surface area contributed by atoms with E-state index >= 15 is 0 Å². The Hall–Kier alpha value is -2.36. The number of morpholine rings is 1. The van der Waals surface area contributed by atoms with Crippen LogP contribution in [-0.2, 0) is 14.3 Å². The summed E-state index contributed by atoms with van der Waals surface area (Å²) >= 11 is 0. The van der Waals surface area contributed by atoms with Gasteiger partial charge in [-0.15, -0.1) is 0 Å². The van der Waals surface area contributed by atoms with Crippen molar-refractivity contribution in [3.05, 3.63) is 23.8 Å². The largest absolute Gasteiger partial charge is 0.487 e. The summed E-state index contributed by atoms with van der Waals surface area (Å²) in [4.78, 5) is 27.0. The first-order valence-corrected chi connectivity index (χ1v) is 12.1. The number of hydrogen-bond acceptors (Lipinski definition) is 6. The van der Waals surface area contributed by atoms with E-state index in [9.17, 15) is 14.7 Å². The molecule has 3 heterocycles. The average Bonchev–Trinajstić information content (AvgIpc) is 3.46. The fraction of sp³-hybridized carbons (Fsp3) is 0.667. The molecule has 3 amide bonds. The van der Waals surface area contributed by atoms with Crippen LogP contribution in [0.2, 0.25) is 0 Å². The lowest BCUT2D eigenvalue weighted by atomic mass is 9.84. The Bertz CT molecular complexity index is 868. The Balaban J connectivity index is 1.26. The fourth-order valence-electron chi connectivity index (χ4n) is 5.53. The van der Waals surface area contributed by atoms with Crippen molar-refractivity contribution in [2.45, 2.75) is 68.8 Å². The van der Waals surface area contributed by atoms with E-state index in [-0.39, 0.29) is 49.1 Å². The zero-order chi connectivity index (χ0) is 22.8. The Morgan fingerprint density at radius 1 is 1.15 bits per heavy atom. The summed E-state index contributed by atoms with van der Waals surface area (Å²) in [6.07, 6.45) is 4.18. The van der Waals surface area contributed by atoms with Crippen LogP contribution >= 0.6 is 0 Å². The molecule has 0 bridgehead atoms. The van der Waals surface area contributed by atoms with Gasteiger partial charge in [0.05, 0.1) is 32.3 Å². The van der Waals surface area contributed by atoms with Gasteiger partial charge < -0.3 is 34.9 Å². The third-order valence-corrected chi connectivity index (χ3v) is 7.21. The molecule has 1 saturated carbocycles. The van der Waals surface area contributed by atoms with E-state index in [4.69, 9.17) is 14.2 Å². The van der Waals surface area contributed by atoms with Crippen molar-refractivity contribution in [3.63, 3.8) is 0 Å². The van der Waals surface area contributed by atoms with Gasteiger partial charge in [-0.3, -0.25) is 4.79 Å². The number of ether oxygens (including phenoxy) is 3. The number of urea groups is 1. The molecule has 180 valence electrons. The van der Waals surface area contributed by atoms with Crippen molar-refractivity contribution >= 4 is 17.6 Å². The molecule has 1 aliphatic carbocycles. The highest BCUT2D eigenvalue weighted by atomic mass is 16.6. The minimum absolute atomic E-state index is 0.00645. The van der Waals surface area contributed by atoms with Crippen LogP contribution in [0, 0.1) is 0 Å².